The number of ether oxygens (including phenoxy) is 1. The number of hydrogen-bond acceptors (Lipinski definition) is 5. The van der Waals surface area contributed by atoms with Crippen LogP contribution in [0.4, 0.5) is 5.69 Å². The predicted octanol–water partition coefficient (Wildman–Crippen LogP) is 5.04. The summed E-state index contributed by atoms with van der Waals surface area (Å²) < 4.78 is 8.64. The van der Waals surface area contributed by atoms with Crippen LogP contribution in [0.1, 0.15) is 66.9 Å². The Bertz CT molecular complexity index is 1300. The van der Waals surface area contributed by atoms with Gasteiger partial charge < -0.3 is 19.9 Å². The fraction of sp³-hybridized carbons (Fsp3) is 0.464. The van der Waals surface area contributed by atoms with Gasteiger partial charge in [0.05, 0.1) is 28.6 Å². The first-order valence-electron chi connectivity index (χ1n) is 12.9. The van der Waals surface area contributed by atoms with E-state index >= 15 is 0 Å². The van der Waals surface area contributed by atoms with Crippen molar-refractivity contribution in [2.24, 2.45) is 10.7 Å². The molecular weight excluding hydrogens is 438 g/mol. The van der Waals surface area contributed by atoms with Crippen molar-refractivity contribution in [1.29, 1.82) is 0 Å². The highest BCUT2D eigenvalue weighted by Gasteiger charge is 2.27. The van der Waals surface area contributed by atoms with E-state index in [1.54, 1.807) is 0 Å². The number of carbonyl (C=O) groups is 1. The predicted molar refractivity (Wildman–Crippen MR) is 139 cm³/mol. The van der Waals surface area contributed by atoms with Crippen LogP contribution in [0.2, 0.25) is 0 Å². The Morgan fingerprint density at radius 2 is 2.00 bits per heavy atom. The number of nitrogens with two attached hydrogens (primary N) is 1. The number of imidazole rings is 1. The van der Waals surface area contributed by atoms with Crippen LogP contribution in [0.15, 0.2) is 35.6 Å². The molecule has 1 amide bonds. The zero-order chi connectivity index (χ0) is 23.9. The quantitative estimate of drug-likeness (QED) is 0.546. The Balaban J connectivity index is 1.39. The van der Waals surface area contributed by atoms with Crippen LogP contribution in [0.5, 0.6) is 5.75 Å². The Hall–Kier alpha value is -3.19. The SMILES string of the molecule is CN1CCC[C@H]1COc1cc(-c2ccc3c(c2)ncn3C2CCCCC2)c2c(c1C(N)=O)CC=N2. The highest BCUT2D eigenvalue weighted by Crippen LogP contribution is 2.43. The summed E-state index contributed by atoms with van der Waals surface area (Å²) in [6.45, 7) is 1.62. The summed E-state index contributed by atoms with van der Waals surface area (Å²) >= 11 is 0. The lowest BCUT2D eigenvalue weighted by atomic mass is 9.94. The van der Waals surface area contributed by atoms with E-state index in [9.17, 15) is 4.79 Å². The molecule has 2 aliphatic heterocycles. The standard InChI is InChI=1S/C28H33N5O2/c1-32-13-5-8-20(32)16-35-25-15-22(27-21(11-12-30-27)26(25)28(29)34)18-9-10-24-23(14-18)31-17-33(24)19-6-3-2-4-7-19/h9-10,12,14-15,17,19-20H,2-8,11,13,16H2,1H3,(H2,29,34)/t20-/m0/s1. The second-order valence-electron chi connectivity index (χ2n) is 10.2. The number of nitrogens with zero attached hydrogens (tertiary/aromatic N) is 4. The van der Waals surface area contributed by atoms with Crippen molar-refractivity contribution in [3.63, 3.8) is 0 Å². The van der Waals surface area contributed by atoms with Crippen LogP contribution in [-0.4, -0.2) is 52.8 Å². The van der Waals surface area contributed by atoms with E-state index in [2.05, 4.69) is 39.7 Å². The first kappa shape index (κ1) is 22.3. The molecule has 0 unspecified atom stereocenters. The van der Waals surface area contributed by atoms with Gasteiger partial charge in [-0.25, -0.2) is 4.98 Å². The fourth-order valence-corrected chi connectivity index (χ4v) is 6.11. The highest BCUT2D eigenvalue weighted by atomic mass is 16.5. The van der Waals surface area contributed by atoms with Gasteiger partial charge in [0.25, 0.3) is 5.91 Å². The third-order valence-electron chi connectivity index (χ3n) is 8.08. The van der Waals surface area contributed by atoms with Gasteiger partial charge >= 0.3 is 0 Å². The molecular formula is C28H33N5O2. The molecule has 7 nitrogen and oxygen atoms in total. The van der Waals surface area contributed by atoms with Crippen LogP contribution >= 0.6 is 0 Å². The smallest absolute Gasteiger partial charge is 0.252 e. The molecule has 2 aromatic carbocycles. The summed E-state index contributed by atoms with van der Waals surface area (Å²) in [6, 6.07) is 9.30. The lowest BCUT2D eigenvalue weighted by Crippen LogP contribution is -2.31. The van der Waals surface area contributed by atoms with Crippen LogP contribution in [0.3, 0.4) is 0 Å². The van der Waals surface area contributed by atoms with Gasteiger partial charge in [-0.05, 0) is 63.0 Å². The summed E-state index contributed by atoms with van der Waals surface area (Å²) in [5, 5.41) is 0. The normalized spacial score (nSPS) is 20.5. The van der Waals surface area contributed by atoms with Crippen LogP contribution in [0.25, 0.3) is 22.2 Å². The van der Waals surface area contributed by atoms with Crippen molar-refractivity contribution in [3.05, 3.63) is 41.7 Å². The average molecular weight is 472 g/mol. The zero-order valence-electron chi connectivity index (χ0n) is 20.4. The van der Waals surface area contributed by atoms with E-state index in [1.165, 1.54) is 44.0 Å². The molecule has 3 aliphatic rings. The van der Waals surface area contributed by atoms with Crippen LogP contribution in [-0.2, 0) is 6.42 Å². The Morgan fingerprint density at radius 3 is 2.77 bits per heavy atom. The minimum atomic E-state index is -0.463. The first-order valence-corrected chi connectivity index (χ1v) is 12.9. The lowest BCUT2D eigenvalue weighted by molar-refractivity contribution is 0.0994. The monoisotopic (exact) mass is 471 g/mol. The molecule has 2 fully saturated rings. The molecule has 2 N–H and O–H groups in total. The number of benzene rings is 2. The van der Waals surface area contributed by atoms with Gasteiger partial charge in [-0.3, -0.25) is 9.79 Å². The summed E-state index contributed by atoms with van der Waals surface area (Å²) in [5.41, 5.74) is 12.1. The number of rotatable bonds is 6. The topological polar surface area (TPSA) is 85.7 Å². The number of aromatic nitrogens is 2. The minimum Gasteiger partial charge on any atom is -0.491 e. The second kappa shape index (κ2) is 9.11. The number of hydrogen-bond donors (Lipinski definition) is 1. The fourth-order valence-electron chi connectivity index (χ4n) is 6.11. The van der Waals surface area contributed by atoms with Crippen molar-refractivity contribution < 1.29 is 9.53 Å². The third kappa shape index (κ3) is 4.01. The molecule has 3 aromatic rings. The molecule has 35 heavy (non-hydrogen) atoms. The number of aliphatic imine (C=N–C) groups is 1. The van der Waals surface area contributed by atoms with Crippen LogP contribution < -0.4 is 10.5 Å². The molecule has 6 rings (SSSR count). The van der Waals surface area contributed by atoms with Crippen molar-refractivity contribution in [1.82, 2.24) is 14.5 Å². The van der Waals surface area contributed by atoms with Crippen molar-refractivity contribution >= 4 is 28.8 Å². The number of carbonyl (C=O) groups excluding carboxylic acids is 1. The third-order valence-corrected chi connectivity index (χ3v) is 8.08. The Labute approximate surface area is 206 Å². The maximum Gasteiger partial charge on any atom is 0.252 e. The molecule has 3 heterocycles. The molecule has 0 spiro atoms. The van der Waals surface area contributed by atoms with Gasteiger partial charge in [0.15, 0.2) is 0 Å². The summed E-state index contributed by atoms with van der Waals surface area (Å²) in [5.74, 6) is 0.0969. The first-order chi connectivity index (χ1) is 17.1. The van der Waals surface area contributed by atoms with Crippen molar-refractivity contribution in [2.75, 3.05) is 20.2 Å². The molecule has 1 atom stereocenters. The largest absolute Gasteiger partial charge is 0.491 e. The number of amides is 1. The molecule has 1 aliphatic carbocycles. The molecule has 1 saturated heterocycles. The van der Waals surface area contributed by atoms with Crippen molar-refractivity contribution in [2.45, 2.75) is 63.5 Å². The average Bonchev–Trinajstić information content (AvgIpc) is 3.61. The number of fused-ring (bicyclic) bond motifs is 2. The van der Waals surface area contributed by atoms with Gasteiger partial charge in [-0.15, -0.1) is 0 Å². The maximum atomic E-state index is 12.5. The maximum absolute atomic E-state index is 12.5. The number of likely N-dealkylation sites (tertiary alicyclic amines) is 1. The van der Waals surface area contributed by atoms with Gasteiger partial charge in [-0.1, -0.05) is 25.3 Å². The van der Waals surface area contributed by atoms with E-state index in [0.29, 0.717) is 36.4 Å². The highest BCUT2D eigenvalue weighted by molar-refractivity contribution is 6.04. The van der Waals surface area contributed by atoms with Gasteiger partial charge in [-0.2, -0.15) is 0 Å². The van der Waals surface area contributed by atoms with E-state index in [1.807, 2.05) is 18.6 Å². The summed E-state index contributed by atoms with van der Waals surface area (Å²) in [7, 11) is 2.12. The molecule has 1 saturated carbocycles. The van der Waals surface area contributed by atoms with E-state index in [0.717, 1.165) is 40.9 Å². The van der Waals surface area contributed by atoms with Gasteiger partial charge in [0.2, 0.25) is 0 Å². The Morgan fingerprint density at radius 1 is 1.14 bits per heavy atom. The Kier molecular flexibility index (Phi) is 5.80. The summed E-state index contributed by atoms with van der Waals surface area (Å²) in [6.07, 6.45) is 13.1. The van der Waals surface area contributed by atoms with Crippen molar-refractivity contribution in [3.8, 4) is 16.9 Å². The number of likely N-dealkylation sites (N-methyl/N-ethyl adjacent to an activating group) is 1. The lowest BCUT2D eigenvalue weighted by Gasteiger charge is -2.23. The van der Waals surface area contributed by atoms with Gasteiger partial charge in [0.1, 0.15) is 12.4 Å². The van der Waals surface area contributed by atoms with Gasteiger partial charge in [0, 0.05) is 35.8 Å². The molecule has 1 aromatic heterocycles. The molecule has 0 bridgehead atoms. The molecule has 0 radical (unpaired) electrons. The second-order valence-corrected chi connectivity index (χ2v) is 10.2. The van der Waals surface area contributed by atoms with Crippen LogP contribution in [0, 0.1) is 0 Å². The van der Waals surface area contributed by atoms with E-state index in [-0.39, 0.29) is 0 Å². The van der Waals surface area contributed by atoms with E-state index in [4.69, 9.17) is 15.5 Å². The number of primary amides is 1. The molecule has 182 valence electrons. The summed E-state index contributed by atoms with van der Waals surface area (Å²) in [4.78, 5) is 24.2. The zero-order valence-corrected chi connectivity index (χ0v) is 20.4. The minimum absolute atomic E-state index is 0.351. The van der Waals surface area contributed by atoms with E-state index < -0.39 is 5.91 Å². The molecule has 7 heteroatoms.